The molecule has 1 N–H and O–H groups in total. The van der Waals surface area contributed by atoms with E-state index >= 15 is 0 Å². The van der Waals surface area contributed by atoms with Crippen molar-refractivity contribution in [2.75, 3.05) is 5.32 Å². The maximum absolute atomic E-state index is 13.1. The highest BCUT2D eigenvalue weighted by Gasteiger charge is 2.35. The molecule has 0 aliphatic rings. The molecule has 0 saturated carbocycles. The first-order valence-corrected chi connectivity index (χ1v) is 8.52. The highest BCUT2D eigenvalue weighted by atomic mass is 35.6. The molecule has 0 fully saturated rings. The summed E-state index contributed by atoms with van der Waals surface area (Å²) in [5.74, 6) is -0.115. The maximum Gasteiger partial charge on any atom is 0.316 e. The van der Waals surface area contributed by atoms with Crippen LogP contribution in [0, 0.1) is 5.82 Å². The van der Waals surface area contributed by atoms with E-state index in [1.54, 1.807) is 24.3 Å². The van der Waals surface area contributed by atoms with Crippen LogP contribution in [-0.4, -0.2) is 14.0 Å². The van der Waals surface area contributed by atoms with E-state index in [1.807, 2.05) is 0 Å². The summed E-state index contributed by atoms with van der Waals surface area (Å²) in [4.78, 5) is 0. The highest BCUT2D eigenvalue weighted by Crippen LogP contribution is 2.42. The Morgan fingerprint density at radius 2 is 1.60 bits per heavy atom. The van der Waals surface area contributed by atoms with E-state index in [2.05, 4.69) is 15.5 Å². The molecule has 4 nitrogen and oxygen atoms in total. The van der Waals surface area contributed by atoms with Crippen molar-refractivity contribution < 1.29 is 8.81 Å². The zero-order valence-corrected chi connectivity index (χ0v) is 15.4. The lowest BCUT2D eigenvalue weighted by Crippen LogP contribution is -2.25. The lowest BCUT2D eigenvalue weighted by molar-refractivity contribution is 0.569. The molecule has 2 aromatic carbocycles. The third-order valence-corrected chi connectivity index (χ3v) is 4.22. The van der Waals surface area contributed by atoms with Gasteiger partial charge in [0.05, 0.1) is 0 Å². The summed E-state index contributed by atoms with van der Waals surface area (Å²) in [5.41, 5.74) is 1.24. The van der Waals surface area contributed by atoms with Gasteiger partial charge in [0.15, 0.2) is 0 Å². The van der Waals surface area contributed by atoms with Gasteiger partial charge in [0.1, 0.15) is 11.9 Å². The smallest absolute Gasteiger partial charge is 0.316 e. The SMILES string of the molecule is Fc1ccc(C(Nc2nnc(-c3ccc(Cl)cc3)o2)C(Cl)(Cl)Cl)cc1. The van der Waals surface area contributed by atoms with E-state index in [9.17, 15) is 4.39 Å². The van der Waals surface area contributed by atoms with Crippen LogP contribution in [0.2, 0.25) is 5.02 Å². The van der Waals surface area contributed by atoms with Crippen molar-refractivity contribution in [2.24, 2.45) is 0 Å². The Hall–Kier alpha value is -1.53. The number of alkyl halides is 3. The van der Waals surface area contributed by atoms with Crippen LogP contribution in [0.1, 0.15) is 11.6 Å². The molecule has 0 bridgehead atoms. The normalized spacial score (nSPS) is 12.8. The predicted octanol–water partition coefficient (Wildman–Crippen LogP) is 6.05. The largest absolute Gasteiger partial charge is 0.403 e. The molecule has 3 aromatic rings. The first-order chi connectivity index (χ1) is 11.8. The van der Waals surface area contributed by atoms with Gasteiger partial charge in [0.25, 0.3) is 0 Å². The average molecular weight is 421 g/mol. The second-order valence-corrected chi connectivity index (χ2v) is 7.90. The Morgan fingerprint density at radius 3 is 2.20 bits per heavy atom. The van der Waals surface area contributed by atoms with Crippen molar-refractivity contribution in [3.63, 3.8) is 0 Å². The molecule has 1 aromatic heterocycles. The number of nitrogens with one attached hydrogen (secondary N) is 1. The number of hydrogen-bond acceptors (Lipinski definition) is 4. The molecule has 0 aliphatic heterocycles. The van der Waals surface area contributed by atoms with Crippen molar-refractivity contribution in [3.8, 4) is 11.5 Å². The first-order valence-electron chi connectivity index (χ1n) is 7.01. The summed E-state index contributed by atoms with van der Waals surface area (Å²) in [5, 5.41) is 11.3. The number of halogens is 5. The number of aromatic nitrogens is 2. The molecule has 0 radical (unpaired) electrons. The molecular weight excluding hydrogens is 411 g/mol. The summed E-state index contributed by atoms with van der Waals surface area (Å²) >= 11 is 24.0. The topological polar surface area (TPSA) is 51.0 Å². The molecule has 1 heterocycles. The van der Waals surface area contributed by atoms with Crippen molar-refractivity contribution >= 4 is 52.4 Å². The zero-order valence-electron chi connectivity index (χ0n) is 12.4. The minimum atomic E-state index is -1.73. The third-order valence-electron chi connectivity index (χ3n) is 3.31. The van der Waals surface area contributed by atoms with Gasteiger partial charge in [-0.1, -0.05) is 63.6 Å². The molecule has 0 saturated heterocycles. The molecular formula is C16H10Cl4FN3O. The van der Waals surface area contributed by atoms with E-state index in [0.717, 1.165) is 0 Å². The molecule has 9 heteroatoms. The molecule has 25 heavy (non-hydrogen) atoms. The molecule has 130 valence electrons. The monoisotopic (exact) mass is 419 g/mol. The van der Waals surface area contributed by atoms with Crippen LogP contribution in [-0.2, 0) is 0 Å². The van der Waals surface area contributed by atoms with Crippen molar-refractivity contribution in [1.82, 2.24) is 10.2 Å². The van der Waals surface area contributed by atoms with Crippen LogP contribution in [0.25, 0.3) is 11.5 Å². The van der Waals surface area contributed by atoms with E-state index in [-0.39, 0.29) is 11.9 Å². The van der Waals surface area contributed by atoms with Crippen molar-refractivity contribution in [1.29, 1.82) is 0 Å². The van der Waals surface area contributed by atoms with Crippen molar-refractivity contribution in [3.05, 3.63) is 64.9 Å². The van der Waals surface area contributed by atoms with E-state index in [1.165, 1.54) is 24.3 Å². The van der Waals surface area contributed by atoms with Gasteiger partial charge in [-0.05, 0) is 42.0 Å². The lowest BCUT2D eigenvalue weighted by atomic mass is 10.1. The number of rotatable bonds is 4. The van der Waals surface area contributed by atoms with Gasteiger partial charge in [-0.15, -0.1) is 5.10 Å². The fourth-order valence-corrected chi connectivity index (χ4v) is 2.79. The van der Waals surface area contributed by atoms with E-state index in [0.29, 0.717) is 16.1 Å². The van der Waals surface area contributed by atoms with Crippen molar-refractivity contribution in [2.45, 2.75) is 9.83 Å². The number of anilines is 1. The number of hydrogen-bond donors (Lipinski definition) is 1. The summed E-state index contributed by atoms with van der Waals surface area (Å²) in [6.45, 7) is 0. The minimum absolute atomic E-state index is 0.0607. The fourth-order valence-electron chi connectivity index (χ4n) is 2.12. The van der Waals surface area contributed by atoms with Gasteiger partial charge in [-0.2, -0.15) is 0 Å². The Kier molecular flexibility index (Phi) is 5.39. The summed E-state index contributed by atoms with van der Waals surface area (Å²) in [6.07, 6.45) is 0. The van der Waals surface area contributed by atoms with Crippen LogP contribution in [0.4, 0.5) is 10.4 Å². The van der Waals surface area contributed by atoms with Crippen LogP contribution in [0.15, 0.2) is 52.9 Å². The van der Waals surface area contributed by atoms with Gasteiger partial charge >= 0.3 is 6.01 Å². The predicted molar refractivity (Wildman–Crippen MR) is 97.8 cm³/mol. The molecule has 3 rings (SSSR count). The zero-order chi connectivity index (χ0) is 18.0. The Morgan fingerprint density at radius 1 is 0.960 bits per heavy atom. The van der Waals surface area contributed by atoms with Gasteiger partial charge in [-0.25, -0.2) is 4.39 Å². The van der Waals surface area contributed by atoms with Gasteiger partial charge in [-0.3, -0.25) is 0 Å². The quantitative estimate of drug-likeness (QED) is 0.521. The van der Waals surface area contributed by atoms with Crippen LogP contribution < -0.4 is 5.32 Å². The van der Waals surface area contributed by atoms with Gasteiger partial charge < -0.3 is 9.73 Å². The van der Waals surface area contributed by atoms with Gasteiger partial charge in [0, 0.05) is 10.6 Å². The van der Waals surface area contributed by atoms with Crippen LogP contribution in [0.3, 0.4) is 0 Å². The summed E-state index contributed by atoms with van der Waals surface area (Å²) in [7, 11) is 0. The Balaban J connectivity index is 1.85. The number of benzene rings is 2. The average Bonchev–Trinajstić information content (AvgIpc) is 3.02. The second-order valence-electron chi connectivity index (χ2n) is 5.09. The lowest BCUT2D eigenvalue weighted by Gasteiger charge is -2.24. The molecule has 0 spiro atoms. The van der Waals surface area contributed by atoms with E-state index in [4.69, 9.17) is 50.8 Å². The maximum atomic E-state index is 13.1. The Labute approximate surface area is 162 Å². The summed E-state index contributed by atoms with van der Waals surface area (Å²) in [6, 6.07) is 11.7. The summed E-state index contributed by atoms with van der Waals surface area (Å²) < 4.78 is 16.9. The van der Waals surface area contributed by atoms with Gasteiger partial charge in [0.2, 0.25) is 9.68 Å². The molecule has 1 unspecified atom stereocenters. The highest BCUT2D eigenvalue weighted by molar-refractivity contribution is 6.68. The van der Waals surface area contributed by atoms with E-state index < -0.39 is 15.7 Å². The molecule has 1 atom stereocenters. The second kappa shape index (κ2) is 7.38. The molecule has 0 aliphatic carbocycles. The van der Waals surface area contributed by atoms with Crippen LogP contribution in [0.5, 0.6) is 0 Å². The molecule has 0 amide bonds. The fraction of sp³-hybridized carbons (Fsp3) is 0.125. The minimum Gasteiger partial charge on any atom is -0.403 e. The Bertz CT molecular complexity index is 847. The third kappa shape index (κ3) is 4.55. The standard InChI is InChI=1S/C16H10Cl4FN3O/c17-11-5-1-10(2-6-11)14-23-24-15(25-14)22-13(16(18,19)20)9-3-7-12(21)8-4-9/h1-8,13H,(H,22,24). The van der Waals surface area contributed by atoms with Crippen LogP contribution >= 0.6 is 46.4 Å². The first kappa shape index (κ1) is 18.3. The number of nitrogens with zero attached hydrogens (tertiary/aromatic N) is 2.